The number of rotatable bonds is 6. The third kappa shape index (κ3) is 4.56. The van der Waals surface area contributed by atoms with E-state index >= 15 is 0 Å². The first-order chi connectivity index (χ1) is 10.1. The normalized spacial score (nSPS) is 12.1. The molecule has 0 fully saturated rings. The molecule has 1 aromatic heterocycles. The maximum atomic E-state index is 11.2. The standard InChI is InChI=1S/C16H18ClNO2S/c1-11(14-5-3-4-6-15(14)17)18-10-13-8-7-12(21-13)9-16(19)20-2/h3-8,11,18H,9-10H2,1-2H3/t11-/m0/s1. The van der Waals surface area contributed by atoms with Gasteiger partial charge in [0.1, 0.15) is 0 Å². The molecule has 1 N–H and O–H groups in total. The molecule has 0 spiro atoms. The van der Waals surface area contributed by atoms with Crippen molar-refractivity contribution in [3.05, 3.63) is 56.7 Å². The van der Waals surface area contributed by atoms with Gasteiger partial charge in [-0.15, -0.1) is 11.3 Å². The molecule has 2 aromatic rings. The predicted molar refractivity (Wildman–Crippen MR) is 86.7 cm³/mol. The van der Waals surface area contributed by atoms with Crippen molar-refractivity contribution in [3.63, 3.8) is 0 Å². The molecule has 1 aromatic carbocycles. The molecule has 0 aliphatic heterocycles. The zero-order valence-corrected chi connectivity index (χ0v) is 13.6. The Kier molecular flexibility index (Phi) is 5.79. The topological polar surface area (TPSA) is 38.3 Å². The fraction of sp³-hybridized carbons (Fsp3) is 0.312. The number of ether oxygens (including phenoxy) is 1. The van der Waals surface area contributed by atoms with Crippen molar-refractivity contribution in [2.24, 2.45) is 0 Å². The number of halogens is 1. The second kappa shape index (κ2) is 7.59. The van der Waals surface area contributed by atoms with Gasteiger partial charge < -0.3 is 10.1 Å². The van der Waals surface area contributed by atoms with Crippen LogP contribution >= 0.6 is 22.9 Å². The summed E-state index contributed by atoms with van der Waals surface area (Å²) in [5.41, 5.74) is 1.09. The molecule has 0 saturated carbocycles. The molecule has 2 rings (SSSR count). The number of nitrogens with one attached hydrogen (secondary N) is 1. The van der Waals surface area contributed by atoms with Crippen molar-refractivity contribution >= 4 is 28.9 Å². The van der Waals surface area contributed by atoms with E-state index in [1.807, 2.05) is 36.4 Å². The number of benzene rings is 1. The molecule has 21 heavy (non-hydrogen) atoms. The summed E-state index contributed by atoms with van der Waals surface area (Å²) in [7, 11) is 1.41. The van der Waals surface area contributed by atoms with Crippen LogP contribution in [0.2, 0.25) is 5.02 Å². The predicted octanol–water partition coefficient (Wildman–Crippen LogP) is 3.97. The number of esters is 1. The molecule has 0 bridgehead atoms. The zero-order chi connectivity index (χ0) is 15.2. The molecule has 0 saturated heterocycles. The Hall–Kier alpha value is -1.36. The number of hydrogen-bond donors (Lipinski definition) is 1. The molecule has 112 valence electrons. The zero-order valence-electron chi connectivity index (χ0n) is 12.1. The fourth-order valence-corrected chi connectivity index (χ4v) is 3.27. The van der Waals surface area contributed by atoms with Crippen LogP contribution in [0.5, 0.6) is 0 Å². The Morgan fingerprint density at radius 3 is 2.71 bits per heavy atom. The molecule has 0 amide bonds. The van der Waals surface area contributed by atoms with Crippen molar-refractivity contribution in [1.29, 1.82) is 0 Å². The van der Waals surface area contributed by atoms with Gasteiger partial charge in [-0.2, -0.15) is 0 Å². The molecule has 3 nitrogen and oxygen atoms in total. The van der Waals surface area contributed by atoms with E-state index in [0.717, 1.165) is 22.0 Å². The number of thiophene rings is 1. The summed E-state index contributed by atoms with van der Waals surface area (Å²) < 4.78 is 4.67. The highest BCUT2D eigenvalue weighted by Crippen LogP contribution is 2.23. The van der Waals surface area contributed by atoms with E-state index < -0.39 is 0 Å². The lowest BCUT2D eigenvalue weighted by Crippen LogP contribution is -2.17. The van der Waals surface area contributed by atoms with Gasteiger partial charge in [0.2, 0.25) is 0 Å². The van der Waals surface area contributed by atoms with Crippen molar-refractivity contribution < 1.29 is 9.53 Å². The molecule has 0 aliphatic rings. The number of carbonyl (C=O) groups excluding carboxylic acids is 1. The maximum Gasteiger partial charge on any atom is 0.310 e. The van der Waals surface area contributed by atoms with Gasteiger partial charge in [-0.1, -0.05) is 29.8 Å². The maximum absolute atomic E-state index is 11.2. The Labute approximate surface area is 133 Å². The number of methoxy groups -OCH3 is 1. The first-order valence-electron chi connectivity index (χ1n) is 6.72. The minimum absolute atomic E-state index is 0.171. The Morgan fingerprint density at radius 1 is 1.29 bits per heavy atom. The van der Waals surface area contributed by atoms with E-state index in [2.05, 4.69) is 17.0 Å². The first kappa shape index (κ1) is 16.0. The molecule has 0 aliphatic carbocycles. The van der Waals surface area contributed by atoms with Crippen LogP contribution in [0.3, 0.4) is 0 Å². The highest BCUT2D eigenvalue weighted by Gasteiger charge is 2.10. The van der Waals surface area contributed by atoms with Crippen molar-refractivity contribution in [3.8, 4) is 0 Å². The summed E-state index contributed by atoms with van der Waals surface area (Å²) >= 11 is 7.81. The summed E-state index contributed by atoms with van der Waals surface area (Å²) in [6.07, 6.45) is 0.335. The van der Waals surface area contributed by atoms with E-state index in [1.165, 1.54) is 12.0 Å². The average Bonchev–Trinajstić information content (AvgIpc) is 2.92. The average molecular weight is 324 g/mol. The lowest BCUT2D eigenvalue weighted by atomic mass is 10.1. The van der Waals surface area contributed by atoms with E-state index in [4.69, 9.17) is 11.6 Å². The smallest absolute Gasteiger partial charge is 0.310 e. The van der Waals surface area contributed by atoms with E-state index in [0.29, 0.717) is 6.42 Å². The minimum Gasteiger partial charge on any atom is -0.469 e. The van der Waals surface area contributed by atoms with Crippen LogP contribution in [0.25, 0.3) is 0 Å². The van der Waals surface area contributed by atoms with E-state index in [-0.39, 0.29) is 12.0 Å². The second-order valence-corrected chi connectivity index (χ2v) is 6.41. The third-order valence-electron chi connectivity index (χ3n) is 3.22. The van der Waals surface area contributed by atoms with Gasteiger partial charge >= 0.3 is 5.97 Å². The summed E-state index contributed by atoms with van der Waals surface area (Å²) in [6, 6.07) is 12.0. The molecular weight excluding hydrogens is 306 g/mol. The van der Waals surface area contributed by atoms with Crippen LogP contribution in [0.15, 0.2) is 36.4 Å². The van der Waals surface area contributed by atoms with Crippen LogP contribution in [-0.4, -0.2) is 13.1 Å². The van der Waals surface area contributed by atoms with E-state index in [1.54, 1.807) is 11.3 Å². The Bertz CT molecular complexity index is 612. The Morgan fingerprint density at radius 2 is 2.00 bits per heavy atom. The molecule has 1 atom stereocenters. The van der Waals surface area contributed by atoms with Gasteiger partial charge in [0.05, 0.1) is 13.5 Å². The highest BCUT2D eigenvalue weighted by atomic mass is 35.5. The first-order valence-corrected chi connectivity index (χ1v) is 7.92. The van der Waals surface area contributed by atoms with Gasteiger partial charge in [-0.05, 0) is 30.7 Å². The van der Waals surface area contributed by atoms with Crippen LogP contribution < -0.4 is 5.32 Å². The summed E-state index contributed by atoms with van der Waals surface area (Å²) in [4.78, 5) is 13.4. The highest BCUT2D eigenvalue weighted by molar-refractivity contribution is 7.12. The van der Waals surface area contributed by atoms with Gasteiger partial charge in [-0.3, -0.25) is 4.79 Å². The van der Waals surface area contributed by atoms with Crippen molar-refractivity contribution in [1.82, 2.24) is 5.32 Å². The van der Waals surface area contributed by atoms with Crippen molar-refractivity contribution in [2.45, 2.75) is 25.9 Å². The second-order valence-electron chi connectivity index (χ2n) is 4.75. The van der Waals surface area contributed by atoms with Crippen LogP contribution in [0, 0.1) is 0 Å². The lowest BCUT2D eigenvalue weighted by molar-refractivity contribution is -0.139. The van der Waals surface area contributed by atoms with Gasteiger partial charge in [0.15, 0.2) is 0 Å². The number of hydrogen-bond acceptors (Lipinski definition) is 4. The fourth-order valence-electron chi connectivity index (χ4n) is 2.02. The van der Waals surface area contributed by atoms with Crippen LogP contribution in [0.4, 0.5) is 0 Å². The quantitative estimate of drug-likeness (QED) is 0.817. The molecule has 0 unspecified atom stereocenters. The van der Waals surface area contributed by atoms with Crippen LogP contribution in [0.1, 0.15) is 28.3 Å². The molecule has 1 heterocycles. The molecular formula is C16H18ClNO2S. The van der Waals surface area contributed by atoms with Gasteiger partial charge in [0.25, 0.3) is 0 Å². The van der Waals surface area contributed by atoms with Crippen LogP contribution in [-0.2, 0) is 22.5 Å². The Balaban J connectivity index is 1.91. The van der Waals surface area contributed by atoms with Gasteiger partial charge in [0, 0.05) is 27.4 Å². The molecule has 0 radical (unpaired) electrons. The minimum atomic E-state index is -0.208. The largest absolute Gasteiger partial charge is 0.469 e. The van der Waals surface area contributed by atoms with Gasteiger partial charge in [-0.25, -0.2) is 0 Å². The third-order valence-corrected chi connectivity index (χ3v) is 4.65. The SMILES string of the molecule is COC(=O)Cc1ccc(CN[C@@H](C)c2ccccc2Cl)s1. The monoisotopic (exact) mass is 323 g/mol. The lowest BCUT2D eigenvalue weighted by Gasteiger charge is -2.14. The number of carbonyl (C=O) groups is 1. The molecule has 5 heteroatoms. The summed E-state index contributed by atoms with van der Waals surface area (Å²) in [5.74, 6) is -0.208. The van der Waals surface area contributed by atoms with E-state index in [9.17, 15) is 4.79 Å². The summed E-state index contributed by atoms with van der Waals surface area (Å²) in [5, 5.41) is 4.22. The summed E-state index contributed by atoms with van der Waals surface area (Å²) in [6.45, 7) is 2.84. The van der Waals surface area contributed by atoms with Crippen molar-refractivity contribution in [2.75, 3.05) is 7.11 Å².